The quantitative estimate of drug-likeness (QED) is 0.358. The number of amides is 1. The first-order valence-corrected chi connectivity index (χ1v) is 11.8. The third kappa shape index (κ3) is 5.24. The number of benzene rings is 2. The lowest BCUT2D eigenvalue weighted by atomic mass is 9.96. The number of nitrogens with zero attached hydrogens (tertiary/aromatic N) is 3. The number of carbonyl (C=O) groups excluding carboxylic acids is 1. The van der Waals surface area contributed by atoms with E-state index in [-0.39, 0.29) is 18.6 Å². The number of ether oxygens (including phenoxy) is 1. The van der Waals surface area contributed by atoms with Gasteiger partial charge < -0.3 is 14.6 Å². The van der Waals surface area contributed by atoms with Crippen LogP contribution in [0.15, 0.2) is 72.9 Å². The number of pyridine rings is 1. The molecule has 5 rings (SSSR count). The van der Waals surface area contributed by atoms with Gasteiger partial charge in [-0.1, -0.05) is 54.1 Å². The highest BCUT2D eigenvalue weighted by atomic mass is 19.1. The topological polar surface area (TPSA) is 71.1 Å². The Morgan fingerprint density at radius 2 is 1.86 bits per heavy atom. The maximum absolute atomic E-state index is 13.9. The highest BCUT2D eigenvalue weighted by molar-refractivity contribution is 5.78. The Labute approximate surface area is 203 Å². The van der Waals surface area contributed by atoms with Crippen LogP contribution in [0.25, 0.3) is 22.5 Å². The van der Waals surface area contributed by atoms with E-state index in [2.05, 4.69) is 16.0 Å². The van der Waals surface area contributed by atoms with Crippen LogP contribution in [0.3, 0.4) is 0 Å². The van der Waals surface area contributed by atoms with E-state index in [0.29, 0.717) is 18.7 Å². The van der Waals surface area contributed by atoms with Crippen LogP contribution < -0.4 is 0 Å². The normalized spacial score (nSPS) is 14.2. The summed E-state index contributed by atoms with van der Waals surface area (Å²) in [4.78, 5) is 26.4. The van der Waals surface area contributed by atoms with Gasteiger partial charge in [0, 0.05) is 42.4 Å². The van der Waals surface area contributed by atoms with Crippen LogP contribution in [0.4, 0.5) is 9.18 Å². The van der Waals surface area contributed by atoms with Crippen molar-refractivity contribution in [2.24, 2.45) is 0 Å². The molecular formula is C28H27FN4O2. The zero-order valence-corrected chi connectivity index (χ0v) is 19.6. The molecule has 0 saturated carbocycles. The van der Waals surface area contributed by atoms with E-state index in [0.717, 1.165) is 46.7 Å². The SMILES string of the molecule is Cc1cccc(-c2nc(C3CCN(C(=O)OCc4ccccc4)CC3)[nH]c2-c2ccnc(F)c2)c1. The predicted octanol–water partition coefficient (Wildman–Crippen LogP) is 6.10. The molecule has 2 aromatic carbocycles. The molecule has 0 bridgehead atoms. The van der Waals surface area contributed by atoms with Gasteiger partial charge in [-0.3, -0.25) is 0 Å². The average molecular weight is 471 g/mol. The van der Waals surface area contributed by atoms with Crippen LogP contribution in [0.2, 0.25) is 0 Å². The molecular weight excluding hydrogens is 443 g/mol. The van der Waals surface area contributed by atoms with E-state index < -0.39 is 5.95 Å². The lowest BCUT2D eigenvalue weighted by molar-refractivity contribution is 0.0866. The second-order valence-corrected chi connectivity index (χ2v) is 8.88. The van der Waals surface area contributed by atoms with Crippen molar-refractivity contribution in [3.8, 4) is 22.5 Å². The Morgan fingerprint density at radius 1 is 1.06 bits per heavy atom. The molecule has 0 unspecified atom stereocenters. The van der Waals surface area contributed by atoms with Crippen molar-refractivity contribution >= 4 is 6.09 Å². The summed E-state index contributed by atoms with van der Waals surface area (Å²) in [7, 11) is 0. The molecule has 0 spiro atoms. The second kappa shape index (κ2) is 10.1. The molecule has 3 heterocycles. The fourth-order valence-corrected chi connectivity index (χ4v) is 4.50. The molecule has 0 atom stereocenters. The van der Waals surface area contributed by atoms with Crippen molar-refractivity contribution in [2.75, 3.05) is 13.1 Å². The number of nitrogens with one attached hydrogen (secondary N) is 1. The number of aryl methyl sites for hydroxylation is 1. The minimum absolute atomic E-state index is 0.164. The first kappa shape index (κ1) is 22.8. The summed E-state index contributed by atoms with van der Waals surface area (Å²) in [6.07, 6.45) is 2.71. The van der Waals surface area contributed by atoms with Gasteiger partial charge >= 0.3 is 6.09 Å². The number of aromatic amines is 1. The molecule has 1 aliphatic rings. The minimum Gasteiger partial charge on any atom is -0.445 e. The fourth-order valence-electron chi connectivity index (χ4n) is 4.50. The molecule has 2 aromatic heterocycles. The number of likely N-dealkylation sites (tertiary alicyclic amines) is 1. The molecule has 1 saturated heterocycles. The standard InChI is InChI=1S/C28H27FN4O2/c1-19-6-5-9-22(16-19)25-26(23-10-13-30-24(29)17-23)32-27(31-25)21-11-14-33(15-12-21)28(34)35-18-20-7-3-2-4-8-20/h2-10,13,16-17,21H,11-12,14-15,18H2,1H3,(H,31,32). The van der Waals surface area contributed by atoms with Crippen molar-refractivity contribution in [2.45, 2.75) is 32.3 Å². The summed E-state index contributed by atoms with van der Waals surface area (Å²) in [5.74, 6) is 0.486. The third-order valence-corrected chi connectivity index (χ3v) is 6.37. The number of aromatic nitrogens is 3. The summed E-state index contributed by atoms with van der Waals surface area (Å²) < 4.78 is 19.4. The van der Waals surface area contributed by atoms with Gasteiger partial charge in [0.2, 0.25) is 5.95 Å². The summed E-state index contributed by atoms with van der Waals surface area (Å²) in [5, 5.41) is 0. The van der Waals surface area contributed by atoms with E-state index in [1.807, 2.05) is 55.5 Å². The van der Waals surface area contributed by atoms with Crippen LogP contribution in [0, 0.1) is 12.9 Å². The van der Waals surface area contributed by atoms with Crippen molar-refractivity contribution in [3.05, 3.63) is 95.8 Å². The fraction of sp³-hybridized carbons (Fsp3) is 0.250. The van der Waals surface area contributed by atoms with Gasteiger partial charge in [0.05, 0.1) is 11.4 Å². The van der Waals surface area contributed by atoms with Crippen molar-refractivity contribution in [1.29, 1.82) is 0 Å². The Morgan fingerprint density at radius 3 is 2.60 bits per heavy atom. The first-order valence-electron chi connectivity index (χ1n) is 11.8. The number of carbonyl (C=O) groups is 1. The molecule has 7 heteroatoms. The first-order chi connectivity index (χ1) is 17.1. The molecule has 1 fully saturated rings. The van der Waals surface area contributed by atoms with E-state index >= 15 is 0 Å². The number of hydrogen-bond acceptors (Lipinski definition) is 4. The van der Waals surface area contributed by atoms with E-state index in [9.17, 15) is 9.18 Å². The van der Waals surface area contributed by atoms with Gasteiger partial charge in [0.25, 0.3) is 0 Å². The van der Waals surface area contributed by atoms with E-state index in [4.69, 9.17) is 9.72 Å². The Hall–Kier alpha value is -4.00. The predicted molar refractivity (Wildman–Crippen MR) is 132 cm³/mol. The number of hydrogen-bond donors (Lipinski definition) is 1. The lowest BCUT2D eigenvalue weighted by Gasteiger charge is -2.30. The summed E-state index contributed by atoms with van der Waals surface area (Å²) in [5.41, 5.74) is 5.34. The highest BCUT2D eigenvalue weighted by Crippen LogP contribution is 2.35. The van der Waals surface area contributed by atoms with Crippen LogP contribution in [-0.2, 0) is 11.3 Å². The summed E-state index contributed by atoms with van der Waals surface area (Å²) >= 11 is 0. The van der Waals surface area contributed by atoms with Gasteiger partial charge in [0.15, 0.2) is 0 Å². The molecule has 1 aliphatic heterocycles. The zero-order valence-electron chi connectivity index (χ0n) is 19.6. The number of imidazole rings is 1. The molecule has 178 valence electrons. The highest BCUT2D eigenvalue weighted by Gasteiger charge is 2.28. The molecule has 4 aromatic rings. The summed E-state index contributed by atoms with van der Waals surface area (Å²) in [6.45, 7) is 3.49. The van der Waals surface area contributed by atoms with E-state index in [1.165, 1.54) is 12.3 Å². The lowest BCUT2D eigenvalue weighted by Crippen LogP contribution is -2.38. The maximum atomic E-state index is 13.9. The second-order valence-electron chi connectivity index (χ2n) is 8.88. The largest absolute Gasteiger partial charge is 0.445 e. The number of H-pyrrole nitrogens is 1. The summed E-state index contributed by atoms with van der Waals surface area (Å²) in [6, 6.07) is 21.0. The molecule has 1 N–H and O–H groups in total. The Bertz CT molecular complexity index is 1250. The number of piperidine rings is 1. The maximum Gasteiger partial charge on any atom is 0.410 e. The molecule has 35 heavy (non-hydrogen) atoms. The van der Waals surface area contributed by atoms with Gasteiger partial charge in [-0.05, 0) is 37.5 Å². The smallest absolute Gasteiger partial charge is 0.410 e. The van der Waals surface area contributed by atoms with Crippen LogP contribution in [0.1, 0.15) is 35.7 Å². The molecule has 0 aliphatic carbocycles. The Balaban J connectivity index is 1.32. The zero-order chi connectivity index (χ0) is 24.2. The van der Waals surface area contributed by atoms with E-state index in [1.54, 1.807) is 11.0 Å². The van der Waals surface area contributed by atoms with Gasteiger partial charge in [-0.15, -0.1) is 0 Å². The van der Waals surface area contributed by atoms with Gasteiger partial charge in [-0.2, -0.15) is 4.39 Å². The van der Waals surface area contributed by atoms with Gasteiger partial charge in [-0.25, -0.2) is 14.8 Å². The van der Waals surface area contributed by atoms with Crippen molar-refractivity contribution in [3.63, 3.8) is 0 Å². The van der Waals surface area contributed by atoms with Crippen molar-refractivity contribution < 1.29 is 13.9 Å². The Kier molecular flexibility index (Phi) is 6.57. The average Bonchev–Trinajstić information content (AvgIpc) is 3.34. The van der Waals surface area contributed by atoms with Crippen LogP contribution >= 0.6 is 0 Å². The van der Waals surface area contributed by atoms with Crippen LogP contribution in [-0.4, -0.2) is 39.0 Å². The number of rotatable bonds is 5. The molecule has 6 nitrogen and oxygen atoms in total. The van der Waals surface area contributed by atoms with Crippen LogP contribution in [0.5, 0.6) is 0 Å². The minimum atomic E-state index is -0.531. The number of halogens is 1. The third-order valence-electron chi connectivity index (χ3n) is 6.37. The van der Waals surface area contributed by atoms with Crippen molar-refractivity contribution in [1.82, 2.24) is 19.9 Å². The monoisotopic (exact) mass is 470 g/mol. The molecule has 0 radical (unpaired) electrons. The van der Waals surface area contributed by atoms with Gasteiger partial charge in [0.1, 0.15) is 12.4 Å². The molecule has 1 amide bonds.